The molecule has 3 aromatic heterocycles. The zero-order chi connectivity index (χ0) is 13.2. The van der Waals surface area contributed by atoms with Crippen LogP contribution < -0.4 is 5.56 Å². The topological polar surface area (TPSA) is 76.5 Å². The van der Waals surface area contributed by atoms with Crippen molar-refractivity contribution in [1.29, 1.82) is 0 Å². The van der Waals surface area contributed by atoms with Crippen molar-refractivity contribution in [2.45, 2.75) is 6.92 Å². The molecule has 0 amide bonds. The fourth-order valence-corrected chi connectivity index (χ4v) is 1.79. The van der Waals surface area contributed by atoms with E-state index in [-0.39, 0.29) is 5.56 Å². The first-order valence-corrected chi connectivity index (χ1v) is 5.76. The highest BCUT2D eigenvalue weighted by Gasteiger charge is 2.12. The van der Waals surface area contributed by atoms with Crippen LogP contribution in [0.1, 0.15) is 5.56 Å². The van der Waals surface area contributed by atoms with Crippen LogP contribution in [0.2, 0.25) is 0 Å². The molecule has 0 spiro atoms. The van der Waals surface area contributed by atoms with E-state index in [0.717, 1.165) is 5.56 Å². The molecule has 0 saturated carbocycles. The van der Waals surface area contributed by atoms with Gasteiger partial charge in [-0.1, -0.05) is 0 Å². The molecule has 0 aromatic carbocycles. The second-order valence-corrected chi connectivity index (χ2v) is 4.13. The molecule has 0 unspecified atom stereocenters. The highest BCUT2D eigenvalue weighted by Crippen LogP contribution is 2.11. The van der Waals surface area contributed by atoms with E-state index in [1.807, 2.05) is 19.1 Å². The normalized spacial score (nSPS) is 10.6. The predicted octanol–water partition coefficient (Wildman–Crippen LogP) is 1.33. The molecule has 0 fully saturated rings. The maximum absolute atomic E-state index is 12.3. The molecule has 3 rings (SSSR count). The maximum atomic E-state index is 12.3. The molecule has 3 heterocycles. The van der Waals surface area contributed by atoms with E-state index in [4.69, 9.17) is 0 Å². The summed E-state index contributed by atoms with van der Waals surface area (Å²) in [4.78, 5) is 20.4. The van der Waals surface area contributed by atoms with Crippen LogP contribution in [0, 0.1) is 6.92 Å². The van der Waals surface area contributed by atoms with Crippen molar-refractivity contribution in [3.63, 3.8) is 0 Å². The average Bonchev–Trinajstić information content (AvgIpc) is 2.81. The van der Waals surface area contributed by atoms with Crippen LogP contribution in [0.15, 0.2) is 47.7 Å². The van der Waals surface area contributed by atoms with Crippen LogP contribution in [-0.2, 0) is 0 Å². The summed E-state index contributed by atoms with van der Waals surface area (Å²) in [6.07, 6.45) is 4.91. The van der Waals surface area contributed by atoms with E-state index in [1.54, 1.807) is 30.7 Å². The van der Waals surface area contributed by atoms with E-state index in [1.165, 1.54) is 4.68 Å². The van der Waals surface area contributed by atoms with Gasteiger partial charge in [-0.05, 0) is 36.8 Å². The summed E-state index contributed by atoms with van der Waals surface area (Å²) >= 11 is 0. The number of aryl methyl sites for hydroxylation is 1. The van der Waals surface area contributed by atoms with E-state index >= 15 is 0 Å². The van der Waals surface area contributed by atoms with Gasteiger partial charge >= 0.3 is 5.56 Å². The Labute approximate surface area is 108 Å². The molecule has 94 valence electrons. The number of aromatic nitrogens is 5. The van der Waals surface area contributed by atoms with Gasteiger partial charge in [-0.2, -0.15) is 9.78 Å². The van der Waals surface area contributed by atoms with Gasteiger partial charge in [0.25, 0.3) is 0 Å². The van der Waals surface area contributed by atoms with Gasteiger partial charge in [0.2, 0.25) is 0 Å². The summed E-state index contributed by atoms with van der Waals surface area (Å²) < 4.78 is 1.31. The van der Waals surface area contributed by atoms with Gasteiger partial charge in [0.15, 0.2) is 11.5 Å². The summed E-state index contributed by atoms with van der Waals surface area (Å²) in [6, 6.07) is 7.23. The number of H-pyrrole nitrogens is 1. The molecular formula is C13H11N5O. The van der Waals surface area contributed by atoms with Crippen molar-refractivity contribution in [3.05, 3.63) is 58.8 Å². The molecule has 3 aromatic rings. The molecule has 6 nitrogen and oxygen atoms in total. The van der Waals surface area contributed by atoms with E-state index < -0.39 is 0 Å². The molecule has 0 radical (unpaired) electrons. The zero-order valence-corrected chi connectivity index (χ0v) is 10.2. The summed E-state index contributed by atoms with van der Waals surface area (Å²) in [6.45, 7) is 1.94. The number of nitrogens with zero attached hydrogens (tertiary/aromatic N) is 4. The number of pyridine rings is 2. The molecule has 0 bridgehead atoms. The number of hydrogen-bond acceptors (Lipinski definition) is 4. The zero-order valence-electron chi connectivity index (χ0n) is 10.2. The summed E-state index contributed by atoms with van der Waals surface area (Å²) in [5, 5.41) is 6.72. The van der Waals surface area contributed by atoms with Crippen molar-refractivity contribution in [2.75, 3.05) is 0 Å². The lowest BCUT2D eigenvalue weighted by molar-refractivity contribution is 0.763. The first kappa shape index (κ1) is 11.3. The van der Waals surface area contributed by atoms with Gasteiger partial charge in [-0.25, -0.2) is 10.2 Å². The number of nitrogens with one attached hydrogen (secondary N) is 1. The third-order valence-corrected chi connectivity index (χ3v) is 2.73. The molecule has 0 aliphatic carbocycles. The fourth-order valence-electron chi connectivity index (χ4n) is 1.79. The van der Waals surface area contributed by atoms with Crippen LogP contribution in [-0.4, -0.2) is 25.0 Å². The quantitative estimate of drug-likeness (QED) is 0.747. The van der Waals surface area contributed by atoms with Crippen LogP contribution in [0.3, 0.4) is 0 Å². The number of hydrogen-bond donors (Lipinski definition) is 1. The molecular weight excluding hydrogens is 242 g/mol. The minimum absolute atomic E-state index is 0.244. The van der Waals surface area contributed by atoms with Gasteiger partial charge in [0.1, 0.15) is 0 Å². The van der Waals surface area contributed by atoms with E-state index in [2.05, 4.69) is 20.3 Å². The first-order valence-electron chi connectivity index (χ1n) is 5.76. The minimum atomic E-state index is -0.244. The van der Waals surface area contributed by atoms with Crippen molar-refractivity contribution < 1.29 is 0 Å². The maximum Gasteiger partial charge on any atom is 0.300 e. The summed E-state index contributed by atoms with van der Waals surface area (Å²) in [5.41, 5.74) is 1.78. The second-order valence-electron chi connectivity index (χ2n) is 4.13. The highest BCUT2D eigenvalue weighted by atomic mass is 16.1. The Hall–Kier alpha value is -2.76. The molecule has 19 heavy (non-hydrogen) atoms. The Morgan fingerprint density at radius 3 is 2.89 bits per heavy atom. The molecule has 0 saturated heterocycles. The van der Waals surface area contributed by atoms with E-state index in [9.17, 15) is 4.79 Å². The van der Waals surface area contributed by atoms with Crippen molar-refractivity contribution in [1.82, 2.24) is 25.0 Å². The van der Waals surface area contributed by atoms with Crippen LogP contribution in [0.25, 0.3) is 17.1 Å². The smallest absolute Gasteiger partial charge is 0.265 e. The molecule has 0 atom stereocenters. The van der Waals surface area contributed by atoms with Gasteiger partial charge in [-0.3, -0.25) is 9.78 Å². The Morgan fingerprint density at radius 1 is 1.26 bits per heavy atom. The van der Waals surface area contributed by atoms with Gasteiger partial charge in [0.05, 0.1) is 0 Å². The van der Waals surface area contributed by atoms with Crippen LogP contribution in [0.4, 0.5) is 0 Å². The standard InChI is InChI=1S/C13H11N5O/c1-9-4-6-15-11(7-9)18-13(19)12(16-17-18)10-3-2-5-14-8-10/h2-8,17H,1H3. The monoisotopic (exact) mass is 253 g/mol. The highest BCUT2D eigenvalue weighted by molar-refractivity contribution is 5.56. The van der Waals surface area contributed by atoms with Crippen LogP contribution >= 0.6 is 0 Å². The van der Waals surface area contributed by atoms with Gasteiger partial charge in [0, 0.05) is 24.2 Å². The van der Waals surface area contributed by atoms with E-state index in [0.29, 0.717) is 17.1 Å². The average molecular weight is 253 g/mol. The lowest BCUT2D eigenvalue weighted by atomic mass is 10.2. The third kappa shape index (κ3) is 2.03. The molecule has 1 N–H and O–H groups in total. The molecule has 0 aliphatic rings. The lowest BCUT2D eigenvalue weighted by Crippen LogP contribution is -2.16. The number of rotatable bonds is 2. The van der Waals surface area contributed by atoms with Crippen molar-refractivity contribution in [2.24, 2.45) is 0 Å². The fraction of sp³-hybridized carbons (Fsp3) is 0.0769. The summed E-state index contributed by atoms with van der Waals surface area (Å²) in [7, 11) is 0. The van der Waals surface area contributed by atoms with Crippen molar-refractivity contribution in [3.8, 4) is 17.1 Å². The first-order chi connectivity index (χ1) is 9.25. The second kappa shape index (κ2) is 4.49. The Bertz CT molecular complexity index is 760. The lowest BCUT2D eigenvalue weighted by Gasteiger charge is -1.99. The SMILES string of the molecule is Cc1ccnc(-n2[nH]nc(-c3cccnc3)c2=O)c1. The molecule has 0 aliphatic heterocycles. The summed E-state index contributed by atoms with van der Waals surface area (Å²) in [5.74, 6) is 0.521. The third-order valence-electron chi connectivity index (χ3n) is 2.73. The van der Waals surface area contributed by atoms with Gasteiger partial charge in [-0.15, -0.1) is 0 Å². The molecule has 6 heteroatoms. The number of aromatic amines is 1. The van der Waals surface area contributed by atoms with Crippen LogP contribution in [0.5, 0.6) is 0 Å². The predicted molar refractivity (Wildman–Crippen MR) is 69.9 cm³/mol. The Kier molecular flexibility index (Phi) is 2.68. The Morgan fingerprint density at radius 2 is 2.16 bits per heavy atom. The van der Waals surface area contributed by atoms with Gasteiger partial charge < -0.3 is 0 Å². The van der Waals surface area contributed by atoms with Crippen molar-refractivity contribution >= 4 is 0 Å². The Balaban J connectivity index is 2.12. The minimum Gasteiger partial charge on any atom is -0.265 e. The largest absolute Gasteiger partial charge is 0.300 e.